The Morgan fingerprint density at radius 1 is 1.04 bits per heavy atom. The molecule has 1 aliphatic carbocycles. The second kappa shape index (κ2) is 6.33. The van der Waals surface area contributed by atoms with E-state index in [0.717, 1.165) is 48.1 Å². The van der Waals surface area contributed by atoms with Gasteiger partial charge in [0.15, 0.2) is 5.96 Å². The third-order valence-electron chi connectivity index (χ3n) is 5.00. The first-order valence-corrected chi connectivity index (χ1v) is 8.82. The van der Waals surface area contributed by atoms with Crippen LogP contribution in [0.3, 0.4) is 0 Å². The van der Waals surface area contributed by atoms with Gasteiger partial charge in [-0.15, -0.1) is 0 Å². The minimum atomic E-state index is -0.441. The molecule has 1 heterocycles. The molecule has 0 saturated heterocycles. The Balaban J connectivity index is 1.81. The number of aliphatic imine (C=N–C) groups is 1. The number of para-hydroxylation sites is 1. The highest BCUT2D eigenvalue weighted by atomic mass is 16.5. The van der Waals surface area contributed by atoms with Crippen molar-refractivity contribution in [3.8, 4) is 5.75 Å². The number of carbonyl (C=O) groups is 1. The van der Waals surface area contributed by atoms with Crippen molar-refractivity contribution in [2.24, 2.45) is 16.5 Å². The Labute approximate surface area is 152 Å². The topological polar surface area (TPSA) is 90.7 Å². The van der Waals surface area contributed by atoms with Crippen LogP contribution >= 0.6 is 0 Å². The van der Waals surface area contributed by atoms with E-state index in [1.54, 1.807) is 6.07 Å². The number of nitrogens with two attached hydrogens (primary N) is 2. The normalized spacial score (nSPS) is 17.2. The third kappa shape index (κ3) is 2.96. The quantitative estimate of drug-likeness (QED) is 0.644. The van der Waals surface area contributed by atoms with Gasteiger partial charge in [-0.25, -0.2) is 0 Å². The minimum Gasteiger partial charge on any atom is -0.483 e. The van der Waals surface area contributed by atoms with Crippen LogP contribution in [-0.4, -0.2) is 17.5 Å². The fourth-order valence-corrected chi connectivity index (χ4v) is 3.83. The molecule has 1 saturated carbocycles. The maximum atomic E-state index is 12.2. The van der Waals surface area contributed by atoms with Gasteiger partial charge in [-0.3, -0.25) is 4.79 Å². The summed E-state index contributed by atoms with van der Waals surface area (Å²) in [5.74, 6) is 0.220. The summed E-state index contributed by atoms with van der Waals surface area (Å²) in [7, 11) is 0. The van der Waals surface area contributed by atoms with Crippen molar-refractivity contribution >= 4 is 17.4 Å². The van der Waals surface area contributed by atoms with Crippen LogP contribution in [-0.2, 0) is 0 Å². The van der Waals surface area contributed by atoms with E-state index in [4.69, 9.17) is 16.2 Å². The molecule has 5 heteroatoms. The molecule has 0 atom stereocenters. The van der Waals surface area contributed by atoms with Gasteiger partial charge < -0.3 is 16.2 Å². The molecular formula is C21H21N3O2. The zero-order chi connectivity index (χ0) is 18.1. The number of guanidine groups is 1. The number of hydrogen-bond acceptors (Lipinski definition) is 2. The van der Waals surface area contributed by atoms with Gasteiger partial charge in [0, 0.05) is 11.1 Å². The number of fused-ring (bicyclic) bond motifs is 1. The Bertz CT molecular complexity index is 920. The van der Waals surface area contributed by atoms with Crippen LogP contribution in [0.15, 0.2) is 59.6 Å². The van der Waals surface area contributed by atoms with Gasteiger partial charge in [0.05, 0.1) is 0 Å². The number of carbonyl (C=O) groups excluding carboxylic acids is 1. The predicted octanol–water partition coefficient (Wildman–Crippen LogP) is 3.24. The lowest BCUT2D eigenvalue weighted by Crippen LogP contribution is -2.33. The molecule has 2 aromatic rings. The van der Waals surface area contributed by atoms with E-state index < -0.39 is 5.91 Å². The van der Waals surface area contributed by atoms with Gasteiger partial charge >= 0.3 is 0 Å². The first kappa shape index (κ1) is 16.4. The molecule has 2 aliphatic rings. The molecule has 5 nitrogen and oxygen atoms in total. The fraction of sp³-hybridized carbons (Fsp3) is 0.238. The minimum absolute atomic E-state index is 0.235. The summed E-state index contributed by atoms with van der Waals surface area (Å²) >= 11 is 0. The molecule has 26 heavy (non-hydrogen) atoms. The van der Waals surface area contributed by atoms with Crippen LogP contribution in [0.25, 0.3) is 5.57 Å². The molecule has 4 rings (SSSR count). The molecule has 132 valence electrons. The molecule has 1 amide bonds. The Hall–Kier alpha value is -3.08. The Morgan fingerprint density at radius 2 is 1.81 bits per heavy atom. The summed E-state index contributed by atoms with van der Waals surface area (Å²) in [6.45, 7) is 0. The van der Waals surface area contributed by atoms with E-state index in [9.17, 15) is 4.79 Å². The highest BCUT2D eigenvalue weighted by molar-refractivity contribution is 6.02. The molecule has 2 aromatic carbocycles. The number of ether oxygens (including phenoxy) is 1. The largest absolute Gasteiger partial charge is 0.483 e. The summed E-state index contributed by atoms with van der Waals surface area (Å²) < 4.78 is 6.36. The molecule has 4 N–H and O–H groups in total. The number of rotatable bonds is 2. The van der Waals surface area contributed by atoms with Crippen molar-refractivity contribution in [1.29, 1.82) is 0 Å². The molecule has 0 unspecified atom stereocenters. The summed E-state index contributed by atoms with van der Waals surface area (Å²) in [6, 6.07) is 15.5. The first-order valence-electron chi connectivity index (χ1n) is 8.82. The van der Waals surface area contributed by atoms with Crippen LogP contribution in [0, 0.1) is 0 Å². The van der Waals surface area contributed by atoms with Crippen LogP contribution in [0.4, 0.5) is 0 Å². The molecule has 0 radical (unpaired) electrons. The van der Waals surface area contributed by atoms with Crippen molar-refractivity contribution in [3.63, 3.8) is 0 Å². The van der Waals surface area contributed by atoms with Crippen LogP contribution in [0.5, 0.6) is 5.75 Å². The van der Waals surface area contributed by atoms with Gasteiger partial charge in [0.1, 0.15) is 11.4 Å². The average molecular weight is 347 g/mol. The van der Waals surface area contributed by atoms with Crippen molar-refractivity contribution < 1.29 is 9.53 Å². The molecule has 0 aromatic heterocycles. The third-order valence-corrected chi connectivity index (χ3v) is 5.00. The fourth-order valence-electron chi connectivity index (χ4n) is 3.83. The Morgan fingerprint density at radius 3 is 2.58 bits per heavy atom. The number of benzene rings is 2. The van der Waals surface area contributed by atoms with Gasteiger partial charge in [-0.1, -0.05) is 30.3 Å². The molecule has 1 fully saturated rings. The summed E-state index contributed by atoms with van der Waals surface area (Å²) in [6.07, 6.45) is 6.57. The Kier molecular flexibility index (Phi) is 3.99. The van der Waals surface area contributed by atoms with Crippen molar-refractivity contribution in [2.45, 2.75) is 31.3 Å². The SMILES string of the molecule is NC(N)=NC(=O)c1cccc(C2=CC3(CCCC3)Oc3ccccc32)c1. The van der Waals surface area contributed by atoms with Gasteiger partial charge in [0.25, 0.3) is 5.91 Å². The summed E-state index contributed by atoms with van der Waals surface area (Å²) in [5, 5.41) is 0. The van der Waals surface area contributed by atoms with Crippen LogP contribution in [0.1, 0.15) is 47.2 Å². The van der Waals surface area contributed by atoms with Gasteiger partial charge in [-0.2, -0.15) is 4.99 Å². The zero-order valence-electron chi connectivity index (χ0n) is 14.4. The van der Waals surface area contributed by atoms with E-state index in [1.807, 2.05) is 42.5 Å². The second-order valence-corrected chi connectivity index (χ2v) is 6.85. The van der Waals surface area contributed by atoms with Gasteiger partial charge in [-0.05, 0) is 61.1 Å². The lowest BCUT2D eigenvalue weighted by Gasteiger charge is -2.34. The highest BCUT2D eigenvalue weighted by Crippen LogP contribution is 2.45. The number of amides is 1. The average Bonchev–Trinajstić information content (AvgIpc) is 3.08. The van der Waals surface area contributed by atoms with E-state index in [0.29, 0.717) is 5.56 Å². The maximum absolute atomic E-state index is 12.2. The number of hydrogen-bond donors (Lipinski definition) is 2. The monoisotopic (exact) mass is 347 g/mol. The predicted molar refractivity (Wildman–Crippen MR) is 102 cm³/mol. The maximum Gasteiger partial charge on any atom is 0.280 e. The summed E-state index contributed by atoms with van der Waals surface area (Å²) in [5.41, 5.74) is 14.0. The van der Waals surface area contributed by atoms with E-state index in [2.05, 4.69) is 11.1 Å². The smallest absolute Gasteiger partial charge is 0.280 e. The second-order valence-electron chi connectivity index (χ2n) is 6.85. The highest BCUT2D eigenvalue weighted by Gasteiger charge is 2.38. The zero-order valence-corrected chi connectivity index (χ0v) is 14.4. The van der Waals surface area contributed by atoms with E-state index in [-0.39, 0.29) is 11.6 Å². The lowest BCUT2D eigenvalue weighted by atomic mass is 9.87. The lowest BCUT2D eigenvalue weighted by molar-refractivity contribution is 0.100. The van der Waals surface area contributed by atoms with E-state index in [1.165, 1.54) is 0 Å². The first-order chi connectivity index (χ1) is 12.6. The summed E-state index contributed by atoms with van der Waals surface area (Å²) in [4.78, 5) is 15.8. The van der Waals surface area contributed by atoms with Gasteiger partial charge in [0.2, 0.25) is 0 Å². The van der Waals surface area contributed by atoms with Crippen molar-refractivity contribution in [1.82, 2.24) is 0 Å². The van der Waals surface area contributed by atoms with Crippen LogP contribution < -0.4 is 16.2 Å². The van der Waals surface area contributed by atoms with Crippen molar-refractivity contribution in [2.75, 3.05) is 0 Å². The molecule has 0 bridgehead atoms. The van der Waals surface area contributed by atoms with Crippen LogP contribution in [0.2, 0.25) is 0 Å². The standard InChI is InChI=1S/C21H21N3O2/c22-20(23)24-19(25)15-7-5-6-14(12-15)17-13-21(10-3-4-11-21)26-18-9-2-1-8-16(17)18/h1-2,5-9,12-13H,3-4,10-11H2,(H4,22,23,24,25). The van der Waals surface area contributed by atoms with E-state index >= 15 is 0 Å². The number of nitrogens with zero attached hydrogens (tertiary/aromatic N) is 1. The molecule has 1 spiro atoms. The van der Waals surface area contributed by atoms with Crippen molar-refractivity contribution in [3.05, 3.63) is 71.3 Å². The molecular weight excluding hydrogens is 326 g/mol. The molecule has 1 aliphatic heterocycles.